The van der Waals surface area contributed by atoms with Crippen LogP contribution in [0.25, 0.3) is 0 Å². The molecule has 0 aliphatic heterocycles. The molecule has 0 aliphatic carbocycles. The molecule has 0 heterocycles. The highest BCUT2D eigenvalue weighted by Gasteiger charge is 2.16. The summed E-state index contributed by atoms with van der Waals surface area (Å²) in [6, 6.07) is 0. The lowest BCUT2D eigenvalue weighted by Crippen LogP contribution is -2.40. The Morgan fingerprint density at radius 1 is 1.44 bits per heavy atom. The number of hydrogen-bond acceptors (Lipinski definition) is 4. The molecule has 0 aromatic carbocycles. The molecule has 0 saturated carbocycles. The zero-order chi connectivity index (χ0) is 12.6. The van der Waals surface area contributed by atoms with Crippen LogP contribution in [0.15, 0.2) is 0 Å². The third-order valence-corrected chi connectivity index (χ3v) is 2.07. The van der Waals surface area contributed by atoms with E-state index in [1.807, 2.05) is 6.92 Å². The van der Waals surface area contributed by atoms with Crippen molar-refractivity contribution >= 4 is 11.9 Å². The van der Waals surface area contributed by atoms with Crippen molar-refractivity contribution in [2.75, 3.05) is 26.7 Å². The van der Waals surface area contributed by atoms with Gasteiger partial charge in [-0.3, -0.25) is 14.5 Å². The SMILES string of the molecule is CCCN(CC(=O)NC)CC(O)CC(=O)O. The van der Waals surface area contributed by atoms with Crippen molar-refractivity contribution in [1.29, 1.82) is 0 Å². The van der Waals surface area contributed by atoms with Gasteiger partial charge in [0.2, 0.25) is 5.91 Å². The monoisotopic (exact) mass is 232 g/mol. The maximum absolute atomic E-state index is 11.2. The van der Waals surface area contributed by atoms with Gasteiger partial charge in [0.05, 0.1) is 19.1 Å². The van der Waals surface area contributed by atoms with E-state index in [2.05, 4.69) is 5.32 Å². The van der Waals surface area contributed by atoms with Gasteiger partial charge in [-0.05, 0) is 13.0 Å². The molecule has 94 valence electrons. The number of aliphatic hydroxyl groups is 1. The van der Waals surface area contributed by atoms with Crippen LogP contribution in [0.4, 0.5) is 0 Å². The largest absolute Gasteiger partial charge is 0.481 e. The molecule has 3 N–H and O–H groups in total. The van der Waals surface area contributed by atoms with Crippen LogP contribution in [0, 0.1) is 0 Å². The van der Waals surface area contributed by atoms with Gasteiger partial charge in [-0.1, -0.05) is 6.92 Å². The molecule has 0 rings (SSSR count). The highest BCUT2D eigenvalue weighted by Crippen LogP contribution is 1.98. The van der Waals surface area contributed by atoms with Crippen molar-refractivity contribution in [2.45, 2.75) is 25.9 Å². The molecular formula is C10H20N2O4. The van der Waals surface area contributed by atoms with Gasteiger partial charge in [0.25, 0.3) is 0 Å². The number of aliphatic carboxylic acids is 1. The maximum Gasteiger partial charge on any atom is 0.306 e. The fourth-order valence-electron chi connectivity index (χ4n) is 1.40. The van der Waals surface area contributed by atoms with Gasteiger partial charge < -0.3 is 15.5 Å². The van der Waals surface area contributed by atoms with E-state index in [0.29, 0.717) is 6.54 Å². The van der Waals surface area contributed by atoms with Crippen LogP contribution < -0.4 is 5.32 Å². The van der Waals surface area contributed by atoms with Gasteiger partial charge in [0, 0.05) is 13.6 Å². The van der Waals surface area contributed by atoms with Crippen LogP contribution in [0.2, 0.25) is 0 Å². The molecule has 6 heteroatoms. The third kappa shape index (κ3) is 7.19. The van der Waals surface area contributed by atoms with E-state index in [0.717, 1.165) is 6.42 Å². The van der Waals surface area contributed by atoms with Crippen LogP contribution in [0.3, 0.4) is 0 Å². The predicted octanol–water partition coefficient (Wildman–Crippen LogP) is -0.720. The summed E-state index contributed by atoms with van der Waals surface area (Å²) in [5.41, 5.74) is 0. The predicted molar refractivity (Wildman–Crippen MR) is 59.1 cm³/mol. The number of likely N-dealkylation sites (N-methyl/N-ethyl adjacent to an activating group) is 1. The van der Waals surface area contributed by atoms with Crippen molar-refractivity contribution in [2.24, 2.45) is 0 Å². The molecule has 16 heavy (non-hydrogen) atoms. The van der Waals surface area contributed by atoms with Crippen LogP contribution in [0.5, 0.6) is 0 Å². The van der Waals surface area contributed by atoms with E-state index in [1.165, 1.54) is 0 Å². The Morgan fingerprint density at radius 2 is 2.06 bits per heavy atom. The minimum atomic E-state index is -1.04. The van der Waals surface area contributed by atoms with Crippen molar-refractivity contribution in [1.82, 2.24) is 10.2 Å². The highest BCUT2D eigenvalue weighted by atomic mass is 16.4. The number of carboxylic acids is 1. The Hall–Kier alpha value is -1.14. The van der Waals surface area contributed by atoms with Gasteiger partial charge in [-0.15, -0.1) is 0 Å². The number of carbonyl (C=O) groups excluding carboxylic acids is 1. The van der Waals surface area contributed by atoms with Gasteiger partial charge in [-0.25, -0.2) is 0 Å². The molecule has 0 aliphatic rings. The summed E-state index contributed by atoms with van der Waals surface area (Å²) in [7, 11) is 1.54. The second-order valence-corrected chi connectivity index (χ2v) is 3.66. The maximum atomic E-state index is 11.2. The number of rotatable bonds is 8. The van der Waals surface area contributed by atoms with Crippen LogP contribution in [-0.2, 0) is 9.59 Å². The van der Waals surface area contributed by atoms with Crippen LogP contribution in [0.1, 0.15) is 19.8 Å². The fraction of sp³-hybridized carbons (Fsp3) is 0.800. The Kier molecular flexibility index (Phi) is 7.49. The van der Waals surface area contributed by atoms with E-state index < -0.39 is 12.1 Å². The van der Waals surface area contributed by atoms with Gasteiger partial charge in [0.1, 0.15) is 0 Å². The highest BCUT2D eigenvalue weighted by molar-refractivity contribution is 5.77. The molecule has 1 amide bonds. The number of aliphatic hydroxyl groups excluding tert-OH is 1. The van der Waals surface area contributed by atoms with E-state index in [-0.39, 0.29) is 25.4 Å². The average molecular weight is 232 g/mol. The van der Waals surface area contributed by atoms with Crippen LogP contribution >= 0.6 is 0 Å². The lowest BCUT2D eigenvalue weighted by Gasteiger charge is -2.22. The standard InChI is InChI=1S/C10H20N2O4/c1-3-4-12(7-9(14)11-2)6-8(13)5-10(15)16/h8,13H,3-7H2,1-2H3,(H,11,14)(H,15,16). The molecule has 0 radical (unpaired) electrons. The smallest absolute Gasteiger partial charge is 0.306 e. The molecule has 0 spiro atoms. The first-order valence-corrected chi connectivity index (χ1v) is 5.32. The summed E-state index contributed by atoms with van der Waals surface area (Å²) in [4.78, 5) is 23.3. The van der Waals surface area contributed by atoms with Crippen molar-refractivity contribution < 1.29 is 19.8 Å². The minimum Gasteiger partial charge on any atom is -0.481 e. The van der Waals surface area contributed by atoms with Crippen LogP contribution in [-0.4, -0.2) is 59.8 Å². The van der Waals surface area contributed by atoms with Gasteiger partial charge in [-0.2, -0.15) is 0 Å². The molecular weight excluding hydrogens is 212 g/mol. The summed E-state index contributed by atoms with van der Waals surface area (Å²) in [5.74, 6) is -1.18. The quantitative estimate of drug-likeness (QED) is 0.514. The lowest BCUT2D eigenvalue weighted by atomic mass is 10.2. The average Bonchev–Trinajstić information content (AvgIpc) is 2.16. The first kappa shape index (κ1) is 14.9. The summed E-state index contributed by atoms with van der Waals surface area (Å²) in [6.45, 7) is 3.00. The summed E-state index contributed by atoms with van der Waals surface area (Å²) in [6.07, 6.45) is -0.390. The van der Waals surface area contributed by atoms with E-state index >= 15 is 0 Å². The minimum absolute atomic E-state index is 0.143. The lowest BCUT2D eigenvalue weighted by molar-refractivity contribution is -0.139. The number of carbonyl (C=O) groups is 2. The van der Waals surface area contributed by atoms with Crippen molar-refractivity contribution in [3.05, 3.63) is 0 Å². The topological polar surface area (TPSA) is 89.9 Å². The Balaban J connectivity index is 4.10. The zero-order valence-electron chi connectivity index (χ0n) is 9.77. The normalized spacial score (nSPS) is 12.5. The molecule has 0 bridgehead atoms. The second-order valence-electron chi connectivity index (χ2n) is 3.66. The number of nitrogens with zero attached hydrogens (tertiary/aromatic N) is 1. The molecule has 1 unspecified atom stereocenters. The number of nitrogens with one attached hydrogen (secondary N) is 1. The molecule has 1 atom stereocenters. The Labute approximate surface area is 95.2 Å². The van der Waals surface area contributed by atoms with Gasteiger partial charge >= 0.3 is 5.97 Å². The van der Waals surface area contributed by atoms with Crippen molar-refractivity contribution in [3.63, 3.8) is 0 Å². The second kappa shape index (κ2) is 8.06. The number of amides is 1. The Bertz CT molecular complexity index is 233. The van der Waals surface area contributed by atoms with Gasteiger partial charge in [0.15, 0.2) is 0 Å². The van der Waals surface area contributed by atoms with E-state index in [4.69, 9.17) is 5.11 Å². The first-order chi connectivity index (χ1) is 7.49. The molecule has 0 aromatic rings. The summed E-state index contributed by atoms with van der Waals surface area (Å²) in [5, 5.41) is 20.4. The fourth-order valence-corrected chi connectivity index (χ4v) is 1.40. The first-order valence-electron chi connectivity index (χ1n) is 5.32. The zero-order valence-corrected chi connectivity index (χ0v) is 9.77. The third-order valence-electron chi connectivity index (χ3n) is 2.07. The summed E-state index contributed by atoms with van der Waals surface area (Å²) < 4.78 is 0. The molecule has 6 nitrogen and oxygen atoms in total. The molecule has 0 aromatic heterocycles. The van der Waals surface area contributed by atoms with Crippen molar-refractivity contribution in [3.8, 4) is 0 Å². The number of carboxylic acid groups (broad SMARTS) is 1. The summed E-state index contributed by atoms with van der Waals surface area (Å²) >= 11 is 0. The van der Waals surface area contributed by atoms with E-state index in [9.17, 15) is 14.7 Å². The molecule has 0 fully saturated rings. The van der Waals surface area contributed by atoms with E-state index in [1.54, 1.807) is 11.9 Å². The Morgan fingerprint density at radius 3 is 2.50 bits per heavy atom. The number of hydrogen-bond donors (Lipinski definition) is 3. The molecule has 0 saturated heterocycles.